The molecule has 5 nitrogen and oxygen atoms in total. The second-order valence-electron chi connectivity index (χ2n) is 5.83. The second kappa shape index (κ2) is 7.25. The van der Waals surface area contributed by atoms with E-state index >= 15 is 0 Å². The van der Waals surface area contributed by atoms with E-state index in [4.69, 9.17) is 9.47 Å². The van der Waals surface area contributed by atoms with Gasteiger partial charge in [0.15, 0.2) is 0 Å². The van der Waals surface area contributed by atoms with Crippen LogP contribution in [0.5, 0.6) is 11.5 Å². The van der Waals surface area contributed by atoms with Gasteiger partial charge in [0.1, 0.15) is 11.5 Å². The largest absolute Gasteiger partial charge is 0.497 e. The Labute approximate surface area is 142 Å². The van der Waals surface area contributed by atoms with Crippen molar-refractivity contribution in [3.63, 3.8) is 0 Å². The molecular formula is C19H22N2O3. The van der Waals surface area contributed by atoms with Crippen molar-refractivity contribution in [1.82, 2.24) is 4.90 Å². The molecule has 2 amide bonds. The number of benzene rings is 2. The van der Waals surface area contributed by atoms with E-state index in [1.807, 2.05) is 53.4 Å². The van der Waals surface area contributed by atoms with Gasteiger partial charge in [-0.05, 0) is 31.0 Å². The molecule has 1 fully saturated rings. The fraction of sp³-hybridized carbons (Fsp3) is 0.316. The Bertz CT molecular complexity index is 713. The first-order valence-electron chi connectivity index (χ1n) is 8.05. The van der Waals surface area contributed by atoms with Crippen molar-refractivity contribution >= 4 is 11.7 Å². The van der Waals surface area contributed by atoms with Crippen LogP contribution in [-0.4, -0.2) is 31.2 Å². The summed E-state index contributed by atoms with van der Waals surface area (Å²) in [5.74, 6) is 1.52. The summed E-state index contributed by atoms with van der Waals surface area (Å²) in [6, 6.07) is 15.4. The van der Waals surface area contributed by atoms with Crippen LogP contribution in [0.25, 0.3) is 0 Å². The summed E-state index contributed by atoms with van der Waals surface area (Å²) >= 11 is 0. The summed E-state index contributed by atoms with van der Waals surface area (Å²) in [5.41, 5.74) is 1.73. The van der Waals surface area contributed by atoms with E-state index in [1.54, 1.807) is 14.2 Å². The van der Waals surface area contributed by atoms with E-state index in [0.29, 0.717) is 12.6 Å². The molecule has 0 unspecified atom stereocenters. The highest BCUT2D eigenvalue weighted by Gasteiger charge is 2.33. The Morgan fingerprint density at radius 3 is 2.62 bits per heavy atom. The Kier molecular flexibility index (Phi) is 4.89. The lowest BCUT2D eigenvalue weighted by molar-refractivity contribution is 0.205. The number of anilines is 1. The molecule has 3 rings (SSSR count). The van der Waals surface area contributed by atoms with Gasteiger partial charge in [0.05, 0.1) is 20.8 Å². The van der Waals surface area contributed by atoms with Crippen LogP contribution in [0.1, 0.15) is 18.4 Å². The second-order valence-corrected chi connectivity index (χ2v) is 5.83. The number of ether oxygens (including phenoxy) is 2. The quantitative estimate of drug-likeness (QED) is 0.876. The number of hydrogen-bond acceptors (Lipinski definition) is 3. The molecule has 1 aliphatic carbocycles. The lowest BCUT2D eigenvalue weighted by Crippen LogP contribution is -2.36. The third-order valence-corrected chi connectivity index (χ3v) is 4.10. The molecule has 5 heteroatoms. The molecule has 0 aromatic heterocycles. The predicted molar refractivity (Wildman–Crippen MR) is 93.6 cm³/mol. The summed E-state index contributed by atoms with van der Waals surface area (Å²) in [4.78, 5) is 14.6. The van der Waals surface area contributed by atoms with Gasteiger partial charge < -0.3 is 19.7 Å². The van der Waals surface area contributed by atoms with E-state index in [-0.39, 0.29) is 6.03 Å². The number of amides is 2. The average Bonchev–Trinajstić information content (AvgIpc) is 3.45. The fourth-order valence-electron chi connectivity index (χ4n) is 2.67. The first kappa shape index (κ1) is 16.2. The third-order valence-electron chi connectivity index (χ3n) is 4.10. The Balaban J connectivity index is 1.74. The standard InChI is InChI=1S/C19H22N2O3/c1-23-17-8-5-7-15(12-17)20-19(22)21(16-10-11-16)13-14-6-3-4-9-18(14)24-2/h3-9,12,16H,10-11,13H2,1-2H3,(H,20,22). The lowest BCUT2D eigenvalue weighted by Gasteiger charge is -2.24. The molecule has 126 valence electrons. The van der Waals surface area contributed by atoms with Gasteiger partial charge in [0.2, 0.25) is 0 Å². The van der Waals surface area contributed by atoms with Crippen LogP contribution in [0.2, 0.25) is 0 Å². The van der Waals surface area contributed by atoms with Gasteiger partial charge in [0.25, 0.3) is 0 Å². The van der Waals surface area contributed by atoms with Crippen LogP contribution in [0.4, 0.5) is 10.5 Å². The highest BCUT2D eigenvalue weighted by atomic mass is 16.5. The zero-order chi connectivity index (χ0) is 16.9. The molecule has 2 aromatic rings. The number of carbonyl (C=O) groups is 1. The molecule has 0 bridgehead atoms. The van der Waals surface area contributed by atoms with E-state index in [2.05, 4.69) is 5.32 Å². The molecule has 0 spiro atoms. The van der Waals surface area contributed by atoms with E-state index in [0.717, 1.165) is 35.6 Å². The van der Waals surface area contributed by atoms with Crippen molar-refractivity contribution in [2.75, 3.05) is 19.5 Å². The van der Waals surface area contributed by atoms with E-state index < -0.39 is 0 Å². The summed E-state index contributed by atoms with van der Waals surface area (Å²) < 4.78 is 10.6. The number of hydrogen-bond donors (Lipinski definition) is 1. The zero-order valence-corrected chi connectivity index (χ0v) is 14.0. The van der Waals surface area contributed by atoms with Crippen molar-refractivity contribution in [3.8, 4) is 11.5 Å². The molecule has 2 aromatic carbocycles. The maximum Gasteiger partial charge on any atom is 0.322 e. The molecule has 1 N–H and O–H groups in total. The van der Waals surface area contributed by atoms with Crippen molar-refractivity contribution in [2.45, 2.75) is 25.4 Å². The summed E-state index contributed by atoms with van der Waals surface area (Å²) in [6.45, 7) is 0.532. The van der Waals surface area contributed by atoms with Gasteiger partial charge in [-0.3, -0.25) is 0 Å². The summed E-state index contributed by atoms with van der Waals surface area (Å²) in [6.07, 6.45) is 2.08. The minimum Gasteiger partial charge on any atom is -0.497 e. The topological polar surface area (TPSA) is 50.8 Å². The Morgan fingerprint density at radius 2 is 1.92 bits per heavy atom. The van der Waals surface area contributed by atoms with Crippen LogP contribution in [0.3, 0.4) is 0 Å². The molecule has 0 atom stereocenters. The number of carbonyl (C=O) groups excluding carboxylic acids is 1. The molecule has 0 radical (unpaired) electrons. The predicted octanol–water partition coefficient (Wildman–Crippen LogP) is 3.90. The van der Waals surface area contributed by atoms with Crippen molar-refractivity contribution in [2.24, 2.45) is 0 Å². The van der Waals surface area contributed by atoms with Gasteiger partial charge in [0, 0.05) is 23.4 Å². The van der Waals surface area contributed by atoms with Gasteiger partial charge in [-0.2, -0.15) is 0 Å². The first-order valence-corrected chi connectivity index (χ1v) is 8.05. The van der Waals surface area contributed by atoms with Crippen LogP contribution in [-0.2, 0) is 6.54 Å². The number of nitrogens with zero attached hydrogens (tertiary/aromatic N) is 1. The maximum absolute atomic E-state index is 12.7. The molecule has 0 aliphatic heterocycles. The van der Waals surface area contributed by atoms with E-state index in [9.17, 15) is 4.79 Å². The van der Waals surface area contributed by atoms with Crippen LogP contribution < -0.4 is 14.8 Å². The minimum atomic E-state index is -0.100. The molecule has 24 heavy (non-hydrogen) atoms. The van der Waals surface area contributed by atoms with Crippen LogP contribution in [0.15, 0.2) is 48.5 Å². The van der Waals surface area contributed by atoms with Crippen LogP contribution in [0, 0.1) is 0 Å². The average molecular weight is 326 g/mol. The number of rotatable bonds is 6. The summed E-state index contributed by atoms with van der Waals surface area (Å²) in [5, 5.41) is 2.96. The number of nitrogens with one attached hydrogen (secondary N) is 1. The minimum absolute atomic E-state index is 0.100. The van der Waals surface area contributed by atoms with Crippen molar-refractivity contribution < 1.29 is 14.3 Å². The number of urea groups is 1. The third kappa shape index (κ3) is 3.79. The maximum atomic E-state index is 12.7. The lowest BCUT2D eigenvalue weighted by atomic mass is 10.2. The fourth-order valence-corrected chi connectivity index (χ4v) is 2.67. The molecule has 0 saturated heterocycles. The Morgan fingerprint density at radius 1 is 1.12 bits per heavy atom. The van der Waals surface area contributed by atoms with Gasteiger partial charge in [-0.25, -0.2) is 4.79 Å². The monoisotopic (exact) mass is 326 g/mol. The summed E-state index contributed by atoms with van der Waals surface area (Å²) in [7, 11) is 3.26. The SMILES string of the molecule is COc1cccc(NC(=O)N(Cc2ccccc2OC)C2CC2)c1. The normalized spacial score (nSPS) is 13.2. The molecule has 1 aliphatic rings. The zero-order valence-electron chi connectivity index (χ0n) is 14.0. The van der Waals surface area contributed by atoms with E-state index in [1.165, 1.54) is 0 Å². The Hall–Kier alpha value is -2.69. The van der Waals surface area contributed by atoms with Crippen LogP contribution >= 0.6 is 0 Å². The molecular weight excluding hydrogens is 304 g/mol. The number of para-hydroxylation sites is 1. The molecule has 0 heterocycles. The highest BCUT2D eigenvalue weighted by Crippen LogP contribution is 2.31. The van der Waals surface area contributed by atoms with Crippen molar-refractivity contribution in [3.05, 3.63) is 54.1 Å². The molecule has 1 saturated carbocycles. The number of methoxy groups -OCH3 is 2. The van der Waals surface area contributed by atoms with Gasteiger partial charge in [-0.1, -0.05) is 24.3 Å². The van der Waals surface area contributed by atoms with Gasteiger partial charge in [-0.15, -0.1) is 0 Å². The highest BCUT2D eigenvalue weighted by molar-refractivity contribution is 5.90. The van der Waals surface area contributed by atoms with Gasteiger partial charge >= 0.3 is 6.03 Å². The van der Waals surface area contributed by atoms with Crippen molar-refractivity contribution in [1.29, 1.82) is 0 Å². The smallest absolute Gasteiger partial charge is 0.322 e. The first-order chi connectivity index (χ1) is 11.7.